The van der Waals surface area contributed by atoms with Gasteiger partial charge in [0.2, 0.25) is 10.0 Å². The summed E-state index contributed by atoms with van der Waals surface area (Å²) in [4.78, 5) is 25.7. The highest BCUT2D eigenvalue weighted by Gasteiger charge is 2.38. The van der Waals surface area contributed by atoms with E-state index in [0.717, 1.165) is 4.90 Å². The van der Waals surface area contributed by atoms with Crippen LogP contribution in [0.2, 0.25) is 0 Å². The van der Waals surface area contributed by atoms with Gasteiger partial charge in [-0.25, -0.2) is 18.5 Å². The van der Waals surface area contributed by atoms with Gasteiger partial charge in [-0.3, -0.25) is 9.59 Å². The third-order valence-corrected chi connectivity index (χ3v) is 4.77. The van der Waals surface area contributed by atoms with E-state index in [-0.39, 0.29) is 15.6 Å². The van der Waals surface area contributed by atoms with Crippen molar-refractivity contribution in [2.24, 2.45) is 5.14 Å². The van der Waals surface area contributed by atoms with Gasteiger partial charge in [-0.05, 0) is 36.4 Å². The second-order valence-electron chi connectivity index (χ2n) is 5.16. The van der Waals surface area contributed by atoms with E-state index in [2.05, 4.69) is 5.32 Å². The third-order valence-electron chi connectivity index (χ3n) is 3.49. The molecule has 1 heterocycles. The zero-order valence-corrected chi connectivity index (χ0v) is 14.2. The fourth-order valence-corrected chi connectivity index (χ4v) is 3.02. The minimum atomic E-state index is -3.82. The van der Waals surface area contributed by atoms with Gasteiger partial charge in [0.25, 0.3) is 11.8 Å². The Bertz CT molecular complexity index is 986. The quantitative estimate of drug-likeness (QED) is 0.789. The Kier molecular flexibility index (Phi) is 4.34. The Morgan fingerprint density at radius 3 is 2.08 bits per heavy atom. The molecule has 0 bridgehead atoms. The Morgan fingerprint density at radius 1 is 0.920 bits per heavy atom. The molecule has 0 aromatic heterocycles. The van der Waals surface area contributed by atoms with E-state index >= 15 is 0 Å². The fourth-order valence-electron chi connectivity index (χ4n) is 2.30. The molecule has 0 unspecified atom stereocenters. The van der Waals surface area contributed by atoms with Crippen LogP contribution in [0.5, 0.6) is 0 Å². The lowest BCUT2D eigenvalue weighted by Gasteiger charge is -2.14. The summed E-state index contributed by atoms with van der Waals surface area (Å²) >= 11 is 6.01. The Balaban J connectivity index is 1.88. The topological polar surface area (TPSA) is 110 Å². The highest BCUT2D eigenvalue weighted by molar-refractivity contribution is 7.89. The molecule has 0 saturated heterocycles. The van der Waals surface area contributed by atoms with E-state index in [1.165, 1.54) is 24.3 Å². The molecule has 128 valence electrons. The first-order chi connectivity index (χ1) is 11.8. The van der Waals surface area contributed by atoms with Gasteiger partial charge in [0.05, 0.1) is 10.6 Å². The van der Waals surface area contributed by atoms with Crippen molar-refractivity contribution in [1.82, 2.24) is 0 Å². The molecule has 0 radical (unpaired) electrons. The standard InChI is InChI=1S/C16H12ClN3O4S/c17-13-14(19-10-6-8-12(9-7-10)25(18,23)24)16(22)20(15(13)21)11-4-2-1-3-5-11/h1-9,19H,(H2,18,23,24). The summed E-state index contributed by atoms with van der Waals surface area (Å²) in [5.41, 5.74) is 0.701. The number of anilines is 2. The number of halogens is 1. The molecule has 9 heteroatoms. The summed E-state index contributed by atoms with van der Waals surface area (Å²) in [7, 11) is -3.82. The molecule has 1 aliphatic heterocycles. The van der Waals surface area contributed by atoms with Gasteiger partial charge in [0.15, 0.2) is 0 Å². The smallest absolute Gasteiger partial charge is 0.283 e. The molecule has 0 atom stereocenters. The van der Waals surface area contributed by atoms with E-state index in [4.69, 9.17) is 16.7 Å². The summed E-state index contributed by atoms with van der Waals surface area (Å²) in [6.45, 7) is 0. The number of hydrogen-bond acceptors (Lipinski definition) is 5. The fraction of sp³-hybridized carbons (Fsp3) is 0. The number of nitrogens with one attached hydrogen (secondary N) is 1. The van der Waals surface area contributed by atoms with E-state index < -0.39 is 21.8 Å². The van der Waals surface area contributed by atoms with Crippen LogP contribution in [-0.2, 0) is 19.6 Å². The maximum Gasteiger partial charge on any atom is 0.283 e. The van der Waals surface area contributed by atoms with Gasteiger partial charge in [0.1, 0.15) is 10.7 Å². The molecule has 0 saturated carbocycles. The summed E-state index contributed by atoms with van der Waals surface area (Å²) in [5.74, 6) is -1.24. The van der Waals surface area contributed by atoms with Crippen LogP contribution >= 0.6 is 11.6 Å². The first kappa shape index (κ1) is 17.2. The van der Waals surface area contributed by atoms with Crippen LogP contribution in [0.25, 0.3) is 0 Å². The lowest BCUT2D eigenvalue weighted by Crippen LogP contribution is -2.32. The van der Waals surface area contributed by atoms with Crippen molar-refractivity contribution >= 4 is 44.8 Å². The zero-order valence-electron chi connectivity index (χ0n) is 12.6. The molecule has 3 rings (SSSR count). The van der Waals surface area contributed by atoms with Gasteiger partial charge >= 0.3 is 0 Å². The summed E-state index contributed by atoms with van der Waals surface area (Å²) in [5, 5.41) is 7.53. The second-order valence-corrected chi connectivity index (χ2v) is 7.10. The second kappa shape index (κ2) is 6.32. The van der Waals surface area contributed by atoms with E-state index in [1.807, 2.05) is 0 Å². The third kappa shape index (κ3) is 3.27. The molecule has 0 spiro atoms. The minimum absolute atomic E-state index is 0.0714. The SMILES string of the molecule is NS(=O)(=O)c1ccc(NC2=C(Cl)C(=O)N(c3ccccc3)C2=O)cc1. The molecule has 3 N–H and O–H groups in total. The average Bonchev–Trinajstić information content (AvgIpc) is 2.79. The molecule has 2 aromatic carbocycles. The van der Waals surface area contributed by atoms with Crippen LogP contribution in [0.4, 0.5) is 11.4 Å². The minimum Gasteiger partial charge on any atom is -0.350 e. The maximum absolute atomic E-state index is 12.5. The molecule has 7 nitrogen and oxygen atoms in total. The van der Waals surface area contributed by atoms with Crippen molar-refractivity contribution < 1.29 is 18.0 Å². The highest BCUT2D eigenvalue weighted by Crippen LogP contribution is 2.30. The number of benzene rings is 2. The van der Waals surface area contributed by atoms with Crippen LogP contribution in [-0.4, -0.2) is 20.2 Å². The number of primary sulfonamides is 1. The van der Waals surface area contributed by atoms with Gasteiger partial charge in [-0.2, -0.15) is 0 Å². The summed E-state index contributed by atoms with van der Waals surface area (Å²) in [6.07, 6.45) is 0. The van der Waals surface area contributed by atoms with Crippen molar-refractivity contribution in [1.29, 1.82) is 0 Å². The molecule has 25 heavy (non-hydrogen) atoms. The monoisotopic (exact) mass is 377 g/mol. The first-order valence-electron chi connectivity index (χ1n) is 7.02. The van der Waals surface area contributed by atoms with E-state index in [9.17, 15) is 18.0 Å². The van der Waals surface area contributed by atoms with E-state index in [1.54, 1.807) is 30.3 Å². The van der Waals surface area contributed by atoms with Gasteiger partial charge in [-0.15, -0.1) is 0 Å². The predicted molar refractivity (Wildman–Crippen MR) is 93.3 cm³/mol. The summed E-state index contributed by atoms with van der Waals surface area (Å²) in [6, 6.07) is 13.8. The Morgan fingerprint density at radius 2 is 1.52 bits per heavy atom. The number of nitrogens with two attached hydrogens (primary N) is 1. The largest absolute Gasteiger partial charge is 0.350 e. The van der Waals surface area contributed by atoms with Crippen LogP contribution in [0.15, 0.2) is 70.2 Å². The Hall–Kier alpha value is -2.68. The highest BCUT2D eigenvalue weighted by atomic mass is 35.5. The first-order valence-corrected chi connectivity index (χ1v) is 8.95. The van der Waals surface area contributed by atoms with Crippen LogP contribution in [0.1, 0.15) is 0 Å². The molecule has 0 fully saturated rings. The molecular weight excluding hydrogens is 366 g/mol. The van der Waals surface area contributed by atoms with Crippen LogP contribution in [0.3, 0.4) is 0 Å². The van der Waals surface area contributed by atoms with Crippen molar-refractivity contribution in [3.63, 3.8) is 0 Å². The molecule has 0 aliphatic carbocycles. The Labute approximate surface area is 148 Å². The number of carbonyl (C=O) groups is 2. The normalized spacial score (nSPS) is 15.0. The van der Waals surface area contributed by atoms with Crippen molar-refractivity contribution in [2.75, 3.05) is 10.2 Å². The zero-order chi connectivity index (χ0) is 18.2. The summed E-state index contributed by atoms with van der Waals surface area (Å²) < 4.78 is 22.5. The number of sulfonamides is 1. The lowest BCUT2D eigenvalue weighted by atomic mass is 10.3. The van der Waals surface area contributed by atoms with Crippen molar-refractivity contribution in [3.8, 4) is 0 Å². The number of nitrogens with zero attached hydrogens (tertiary/aromatic N) is 1. The molecule has 2 aromatic rings. The van der Waals surface area contributed by atoms with Gasteiger partial charge in [-0.1, -0.05) is 29.8 Å². The predicted octanol–water partition coefficient (Wildman–Crippen LogP) is 1.77. The van der Waals surface area contributed by atoms with Crippen LogP contribution in [0, 0.1) is 0 Å². The van der Waals surface area contributed by atoms with Gasteiger partial charge in [0, 0.05) is 5.69 Å². The lowest BCUT2D eigenvalue weighted by molar-refractivity contribution is -0.120. The maximum atomic E-state index is 12.5. The number of rotatable bonds is 4. The van der Waals surface area contributed by atoms with E-state index in [0.29, 0.717) is 11.4 Å². The molecule has 1 aliphatic rings. The number of amides is 2. The molecular formula is C16H12ClN3O4S. The number of hydrogen-bond donors (Lipinski definition) is 2. The number of para-hydroxylation sites is 1. The average molecular weight is 378 g/mol. The number of carbonyl (C=O) groups excluding carboxylic acids is 2. The van der Waals surface area contributed by atoms with Crippen molar-refractivity contribution in [3.05, 3.63) is 65.3 Å². The van der Waals surface area contributed by atoms with Gasteiger partial charge < -0.3 is 5.32 Å². The van der Waals surface area contributed by atoms with Crippen LogP contribution < -0.4 is 15.4 Å². The molecule has 2 amide bonds. The van der Waals surface area contributed by atoms with Crippen molar-refractivity contribution in [2.45, 2.75) is 4.90 Å². The number of imide groups is 1.